The average Bonchev–Trinajstić information content (AvgIpc) is 2.65. The van der Waals surface area contributed by atoms with Crippen molar-refractivity contribution in [3.63, 3.8) is 0 Å². The number of ketones is 1. The molecule has 0 N–H and O–H groups in total. The number of ether oxygens (including phenoxy) is 4. The van der Waals surface area contributed by atoms with Crippen molar-refractivity contribution in [1.82, 2.24) is 0 Å². The summed E-state index contributed by atoms with van der Waals surface area (Å²) in [6.07, 6.45) is 0. The van der Waals surface area contributed by atoms with E-state index in [4.69, 9.17) is 18.9 Å². The van der Waals surface area contributed by atoms with Gasteiger partial charge >= 0.3 is 5.97 Å². The largest absolute Gasteiger partial charge is 0.496 e. The third-order valence-electron chi connectivity index (χ3n) is 3.84. The number of esters is 1. The Balaban J connectivity index is 1.65. The molecule has 0 amide bonds. The minimum atomic E-state index is -0.579. The van der Waals surface area contributed by atoms with Crippen molar-refractivity contribution in [1.29, 1.82) is 0 Å². The van der Waals surface area contributed by atoms with E-state index in [1.54, 1.807) is 36.4 Å². The second kappa shape index (κ2) is 7.25. The average molecular weight is 342 g/mol. The van der Waals surface area contributed by atoms with Crippen molar-refractivity contribution >= 4 is 11.8 Å². The molecule has 0 radical (unpaired) electrons. The molecule has 3 rings (SSSR count). The van der Waals surface area contributed by atoms with Crippen molar-refractivity contribution in [2.45, 2.75) is 6.92 Å². The smallest absolute Gasteiger partial charge is 0.338 e. The number of aryl methyl sites for hydroxylation is 1. The molecule has 6 nitrogen and oxygen atoms in total. The molecule has 1 aliphatic rings. The van der Waals surface area contributed by atoms with E-state index in [1.165, 1.54) is 7.11 Å². The van der Waals surface area contributed by atoms with Crippen LogP contribution in [-0.4, -0.2) is 38.7 Å². The molecule has 6 heteroatoms. The van der Waals surface area contributed by atoms with Gasteiger partial charge in [0.2, 0.25) is 0 Å². The van der Waals surface area contributed by atoms with Gasteiger partial charge in [-0.15, -0.1) is 0 Å². The highest BCUT2D eigenvalue weighted by molar-refractivity contribution is 5.99. The molecule has 0 fully saturated rings. The van der Waals surface area contributed by atoms with Crippen LogP contribution in [-0.2, 0) is 4.74 Å². The van der Waals surface area contributed by atoms with Crippen LogP contribution in [0.4, 0.5) is 0 Å². The summed E-state index contributed by atoms with van der Waals surface area (Å²) in [4.78, 5) is 24.4. The number of benzene rings is 2. The number of fused-ring (bicyclic) bond motifs is 1. The Morgan fingerprint density at radius 2 is 1.72 bits per heavy atom. The summed E-state index contributed by atoms with van der Waals surface area (Å²) in [6, 6.07) is 9.88. The molecule has 2 aromatic rings. The highest BCUT2D eigenvalue weighted by Gasteiger charge is 2.17. The molecular weight excluding hydrogens is 324 g/mol. The van der Waals surface area contributed by atoms with Gasteiger partial charge in [-0.1, -0.05) is 6.07 Å². The molecule has 1 heterocycles. The molecular formula is C19H18O6. The maximum Gasteiger partial charge on any atom is 0.338 e. The molecule has 25 heavy (non-hydrogen) atoms. The maximum atomic E-state index is 12.2. The predicted octanol–water partition coefficient (Wildman–Crippen LogP) is 2.81. The number of Topliss-reactive ketones (excluding diaryl/α,β-unsaturated/α-hetero) is 1. The molecule has 2 aromatic carbocycles. The van der Waals surface area contributed by atoms with Crippen molar-refractivity contribution in [2.24, 2.45) is 0 Å². The molecule has 0 saturated carbocycles. The van der Waals surface area contributed by atoms with Crippen LogP contribution in [0.25, 0.3) is 0 Å². The van der Waals surface area contributed by atoms with Gasteiger partial charge in [0.15, 0.2) is 23.9 Å². The number of hydrogen-bond acceptors (Lipinski definition) is 6. The van der Waals surface area contributed by atoms with Gasteiger partial charge in [-0.25, -0.2) is 4.79 Å². The Kier molecular flexibility index (Phi) is 4.88. The second-order valence-electron chi connectivity index (χ2n) is 5.54. The van der Waals surface area contributed by atoms with Gasteiger partial charge in [-0.3, -0.25) is 4.79 Å². The molecule has 0 saturated heterocycles. The van der Waals surface area contributed by atoms with E-state index < -0.39 is 5.97 Å². The second-order valence-corrected chi connectivity index (χ2v) is 5.54. The lowest BCUT2D eigenvalue weighted by atomic mass is 10.1. The van der Waals surface area contributed by atoms with Crippen LogP contribution in [0, 0.1) is 6.92 Å². The van der Waals surface area contributed by atoms with Crippen molar-refractivity contribution in [2.75, 3.05) is 26.9 Å². The number of carbonyl (C=O) groups excluding carboxylic acids is 2. The summed E-state index contributed by atoms with van der Waals surface area (Å²) < 4.78 is 21.2. The normalized spacial score (nSPS) is 12.4. The first-order valence-corrected chi connectivity index (χ1v) is 7.83. The lowest BCUT2D eigenvalue weighted by Crippen LogP contribution is -2.17. The lowest BCUT2D eigenvalue weighted by Gasteiger charge is -2.18. The van der Waals surface area contributed by atoms with Gasteiger partial charge in [0.25, 0.3) is 0 Å². The number of carbonyl (C=O) groups is 2. The highest BCUT2D eigenvalue weighted by atomic mass is 16.6. The van der Waals surface area contributed by atoms with Crippen LogP contribution in [0.3, 0.4) is 0 Å². The summed E-state index contributed by atoms with van der Waals surface area (Å²) in [5, 5.41) is 0. The van der Waals surface area contributed by atoms with Gasteiger partial charge in [0.05, 0.1) is 12.7 Å². The first-order valence-electron chi connectivity index (χ1n) is 7.83. The highest BCUT2D eigenvalue weighted by Crippen LogP contribution is 2.30. The molecule has 0 spiro atoms. The minimum Gasteiger partial charge on any atom is -0.496 e. The molecule has 0 atom stereocenters. The standard InChI is InChI=1S/C19H18O6/c1-12-3-4-14(10-17(12)22-2)19(21)25-11-15(20)13-5-6-16-18(9-13)24-8-7-23-16/h3-6,9-10H,7-8,11H2,1-2H3. The Morgan fingerprint density at radius 3 is 2.48 bits per heavy atom. The SMILES string of the molecule is COc1cc(C(=O)OCC(=O)c2ccc3c(c2)OCCO3)ccc1C. The van der Waals surface area contributed by atoms with E-state index >= 15 is 0 Å². The predicted molar refractivity (Wildman–Crippen MR) is 89.8 cm³/mol. The Bertz CT molecular complexity index is 812. The van der Waals surface area contributed by atoms with E-state index in [9.17, 15) is 9.59 Å². The van der Waals surface area contributed by atoms with Crippen molar-refractivity contribution in [3.8, 4) is 17.2 Å². The fourth-order valence-corrected chi connectivity index (χ4v) is 2.46. The first kappa shape index (κ1) is 16.8. The van der Waals surface area contributed by atoms with Gasteiger partial charge in [-0.2, -0.15) is 0 Å². The molecule has 130 valence electrons. The quantitative estimate of drug-likeness (QED) is 0.615. The molecule has 0 aliphatic carbocycles. The van der Waals surface area contributed by atoms with Crippen LogP contribution < -0.4 is 14.2 Å². The Hall–Kier alpha value is -3.02. The molecule has 0 aromatic heterocycles. The van der Waals surface area contributed by atoms with Gasteiger partial charge in [0, 0.05) is 5.56 Å². The van der Waals surface area contributed by atoms with E-state index in [0.29, 0.717) is 41.6 Å². The Labute approximate surface area is 145 Å². The first-order chi connectivity index (χ1) is 12.1. The topological polar surface area (TPSA) is 71.1 Å². The minimum absolute atomic E-state index is 0.315. The molecule has 1 aliphatic heterocycles. The molecule has 0 bridgehead atoms. The van der Waals surface area contributed by atoms with E-state index in [0.717, 1.165) is 5.56 Å². The number of methoxy groups -OCH3 is 1. The summed E-state index contributed by atoms with van der Waals surface area (Å²) in [6.45, 7) is 2.45. The van der Waals surface area contributed by atoms with E-state index in [2.05, 4.69) is 0 Å². The fourth-order valence-electron chi connectivity index (χ4n) is 2.46. The van der Waals surface area contributed by atoms with Crippen molar-refractivity contribution < 1.29 is 28.5 Å². The fraction of sp³-hybridized carbons (Fsp3) is 0.263. The van der Waals surface area contributed by atoms with Crippen LogP contribution in [0.1, 0.15) is 26.3 Å². The van der Waals surface area contributed by atoms with Crippen LogP contribution in [0.2, 0.25) is 0 Å². The number of rotatable bonds is 5. The van der Waals surface area contributed by atoms with Crippen LogP contribution in [0.15, 0.2) is 36.4 Å². The zero-order valence-corrected chi connectivity index (χ0v) is 14.0. The zero-order valence-electron chi connectivity index (χ0n) is 14.0. The zero-order chi connectivity index (χ0) is 17.8. The third kappa shape index (κ3) is 3.74. The van der Waals surface area contributed by atoms with Gasteiger partial charge in [-0.05, 0) is 42.8 Å². The Morgan fingerprint density at radius 1 is 1.00 bits per heavy atom. The summed E-state index contributed by atoms with van der Waals surface area (Å²) >= 11 is 0. The monoisotopic (exact) mass is 342 g/mol. The lowest BCUT2D eigenvalue weighted by molar-refractivity contribution is 0.0474. The summed E-state index contributed by atoms with van der Waals surface area (Å²) in [5.74, 6) is 0.819. The third-order valence-corrected chi connectivity index (χ3v) is 3.84. The summed E-state index contributed by atoms with van der Waals surface area (Å²) in [5.41, 5.74) is 1.64. The maximum absolute atomic E-state index is 12.2. The van der Waals surface area contributed by atoms with Gasteiger partial charge in [0.1, 0.15) is 19.0 Å². The van der Waals surface area contributed by atoms with Gasteiger partial charge < -0.3 is 18.9 Å². The van der Waals surface area contributed by atoms with Crippen LogP contribution >= 0.6 is 0 Å². The summed E-state index contributed by atoms with van der Waals surface area (Å²) in [7, 11) is 1.53. The van der Waals surface area contributed by atoms with Crippen LogP contribution in [0.5, 0.6) is 17.2 Å². The number of hydrogen-bond donors (Lipinski definition) is 0. The van der Waals surface area contributed by atoms with E-state index in [-0.39, 0.29) is 12.4 Å². The van der Waals surface area contributed by atoms with E-state index in [1.807, 2.05) is 6.92 Å². The molecule has 0 unspecified atom stereocenters. The van der Waals surface area contributed by atoms with Crippen molar-refractivity contribution in [3.05, 3.63) is 53.1 Å².